The molecule has 0 aromatic carbocycles. The van der Waals surface area contributed by atoms with E-state index in [-0.39, 0.29) is 35.2 Å². The molecule has 0 bridgehead atoms. The van der Waals surface area contributed by atoms with Gasteiger partial charge in [0.1, 0.15) is 5.00 Å². The summed E-state index contributed by atoms with van der Waals surface area (Å²) < 4.78 is 22.5. The summed E-state index contributed by atoms with van der Waals surface area (Å²) in [7, 11) is -3.05. The van der Waals surface area contributed by atoms with E-state index in [1.165, 1.54) is 11.0 Å². The Morgan fingerprint density at radius 3 is 2.53 bits per heavy atom. The summed E-state index contributed by atoms with van der Waals surface area (Å²) in [5.41, 5.74) is 0.0305. The van der Waals surface area contributed by atoms with Crippen molar-refractivity contribution in [3.63, 3.8) is 0 Å². The Hall–Kier alpha value is -1.61. The minimum Gasteiger partial charge on any atom is -0.478 e. The lowest BCUT2D eigenvalue weighted by Gasteiger charge is -2.26. The number of sulfone groups is 1. The van der Waals surface area contributed by atoms with Crippen LogP contribution in [0.1, 0.15) is 10.4 Å². The molecule has 19 heavy (non-hydrogen) atoms. The first-order chi connectivity index (χ1) is 8.89. The van der Waals surface area contributed by atoms with E-state index < -0.39 is 21.8 Å². The van der Waals surface area contributed by atoms with Crippen LogP contribution in [0.25, 0.3) is 0 Å². The van der Waals surface area contributed by atoms with E-state index >= 15 is 0 Å². The van der Waals surface area contributed by atoms with Crippen molar-refractivity contribution in [2.45, 2.75) is 0 Å². The first kappa shape index (κ1) is 13.8. The fourth-order valence-electron chi connectivity index (χ4n) is 1.67. The standard InChI is InChI=1S/C10H12N2O5S2/c13-9(14)7-1-4-18-8(7)11-10(15)12-2-5-19(16,17)6-3-12/h1,4H,2-3,5-6H2,(H,11,15)(H,13,14). The molecule has 2 N–H and O–H groups in total. The lowest BCUT2D eigenvalue weighted by atomic mass is 10.3. The van der Waals surface area contributed by atoms with Gasteiger partial charge >= 0.3 is 12.0 Å². The predicted molar refractivity (Wildman–Crippen MR) is 70.5 cm³/mol. The van der Waals surface area contributed by atoms with Crippen molar-refractivity contribution >= 4 is 38.2 Å². The number of carboxylic acid groups (broad SMARTS) is 1. The maximum absolute atomic E-state index is 11.9. The fraction of sp³-hybridized carbons (Fsp3) is 0.400. The van der Waals surface area contributed by atoms with Crippen LogP contribution in [0, 0.1) is 0 Å². The highest BCUT2D eigenvalue weighted by Gasteiger charge is 2.26. The van der Waals surface area contributed by atoms with Crippen LogP contribution in [0.15, 0.2) is 11.4 Å². The summed E-state index contributed by atoms with van der Waals surface area (Å²) in [4.78, 5) is 24.1. The lowest BCUT2D eigenvalue weighted by Crippen LogP contribution is -2.45. The summed E-state index contributed by atoms with van der Waals surface area (Å²) in [6.07, 6.45) is 0. The van der Waals surface area contributed by atoms with Gasteiger partial charge in [0.25, 0.3) is 0 Å². The van der Waals surface area contributed by atoms with Crippen LogP contribution >= 0.6 is 11.3 Å². The van der Waals surface area contributed by atoms with Gasteiger partial charge in [-0.1, -0.05) is 0 Å². The van der Waals surface area contributed by atoms with E-state index in [4.69, 9.17) is 5.11 Å². The molecule has 0 saturated carbocycles. The summed E-state index contributed by atoms with van der Waals surface area (Å²) in [6.45, 7) is 0.254. The van der Waals surface area contributed by atoms with Crippen LogP contribution in [-0.2, 0) is 9.84 Å². The Kier molecular flexibility index (Phi) is 3.76. The Bertz CT molecular complexity index is 593. The van der Waals surface area contributed by atoms with Crippen molar-refractivity contribution in [2.24, 2.45) is 0 Å². The number of carbonyl (C=O) groups excluding carboxylic acids is 1. The molecule has 0 atom stereocenters. The minimum absolute atomic E-state index is 0.0305. The number of anilines is 1. The van der Waals surface area contributed by atoms with Gasteiger partial charge in [0.2, 0.25) is 0 Å². The van der Waals surface area contributed by atoms with Crippen molar-refractivity contribution in [3.05, 3.63) is 17.0 Å². The van der Waals surface area contributed by atoms with Gasteiger partial charge in [0.05, 0.1) is 17.1 Å². The zero-order valence-electron chi connectivity index (χ0n) is 9.83. The van der Waals surface area contributed by atoms with E-state index in [0.29, 0.717) is 0 Å². The average molecular weight is 304 g/mol. The van der Waals surface area contributed by atoms with Crippen LogP contribution in [0.2, 0.25) is 0 Å². The average Bonchev–Trinajstić information content (AvgIpc) is 2.77. The molecule has 1 saturated heterocycles. The highest BCUT2D eigenvalue weighted by molar-refractivity contribution is 7.91. The van der Waals surface area contributed by atoms with E-state index in [1.54, 1.807) is 5.38 Å². The largest absolute Gasteiger partial charge is 0.478 e. The Morgan fingerprint density at radius 2 is 1.95 bits per heavy atom. The highest BCUT2D eigenvalue weighted by Crippen LogP contribution is 2.23. The number of thiophene rings is 1. The van der Waals surface area contributed by atoms with Gasteiger partial charge in [0.15, 0.2) is 9.84 Å². The molecule has 9 heteroatoms. The molecule has 2 amide bonds. The number of hydrogen-bond donors (Lipinski definition) is 2. The highest BCUT2D eigenvalue weighted by atomic mass is 32.2. The number of carbonyl (C=O) groups is 2. The van der Waals surface area contributed by atoms with Gasteiger partial charge in [-0.05, 0) is 11.4 Å². The second kappa shape index (κ2) is 5.17. The van der Waals surface area contributed by atoms with Gasteiger partial charge in [0, 0.05) is 13.1 Å². The summed E-state index contributed by atoms with van der Waals surface area (Å²) in [6, 6.07) is 0.934. The molecule has 1 aromatic rings. The number of urea groups is 1. The topological polar surface area (TPSA) is 104 Å². The van der Waals surface area contributed by atoms with Crippen LogP contribution in [0.5, 0.6) is 0 Å². The SMILES string of the molecule is O=C(O)c1ccsc1NC(=O)N1CCS(=O)(=O)CC1. The third-order valence-corrected chi connectivity index (χ3v) is 5.19. The van der Waals surface area contributed by atoms with E-state index in [2.05, 4.69) is 5.32 Å². The summed E-state index contributed by atoms with van der Waals surface area (Å²) in [5.74, 6) is -1.23. The Morgan fingerprint density at radius 1 is 1.32 bits per heavy atom. The number of carboxylic acids is 1. The summed E-state index contributed by atoms with van der Waals surface area (Å²) >= 11 is 1.11. The molecule has 0 unspecified atom stereocenters. The van der Waals surface area contributed by atoms with Crippen LogP contribution in [0.3, 0.4) is 0 Å². The molecule has 0 aliphatic carbocycles. The fourth-order valence-corrected chi connectivity index (χ4v) is 3.64. The minimum atomic E-state index is -3.05. The number of rotatable bonds is 2. The molecule has 2 rings (SSSR count). The number of hydrogen-bond acceptors (Lipinski definition) is 5. The number of nitrogens with zero attached hydrogens (tertiary/aromatic N) is 1. The Balaban J connectivity index is 2.02. The number of amides is 2. The molecule has 7 nitrogen and oxygen atoms in total. The van der Waals surface area contributed by atoms with Gasteiger partial charge < -0.3 is 10.0 Å². The van der Waals surface area contributed by atoms with Crippen LogP contribution < -0.4 is 5.32 Å². The maximum Gasteiger partial charge on any atom is 0.338 e. The van der Waals surface area contributed by atoms with Crippen LogP contribution in [-0.4, -0.2) is 55.0 Å². The van der Waals surface area contributed by atoms with Gasteiger partial charge in [-0.3, -0.25) is 5.32 Å². The molecule has 1 aromatic heterocycles. The monoisotopic (exact) mass is 304 g/mol. The smallest absolute Gasteiger partial charge is 0.338 e. The first-order valence-corrected chi connectivity index (χ1v) is 8.16. The molecule has 104 valence electrons. The van der Waals surface area contributed by atoms with E-state index in [0.717, 1.165) is 11.3 Å². The summed E-state index contributed by atoms with van der Waals surface area (Å²) in [5, 5.41) is 13.2. The molecular formula is C10H12N2O5S2. The third-order valence-electron chi connectivity index (χ3n) is 2.75. The van der Waals surface area contributed by atoms with Crippen molar-refractivity contribution in [1.82, 2.24) is 4.90 Å². The number of aromatic carboxylic acids is 1. The van der Waals surface area contributed by atoms with Gasteiger partial charge in [-0.15, -0.1) is 11.3 Å². The van der Waals surface area contributed by atoms with Crippen molar-refractivity contribution in [1.29, 1.82) is 0 Å². The number of nitrogens with one attached hydrogen (secondary N) is 1. The predicted octanol–water partition coefficient (Wildman–Crippen LogP) is 0.709. The molecule has 2 heterocycles. The molecule has 1 fully saturated rings. The maximum atomic E-state index is 11.9. The zero-order valence-corrected chi connectivity index (χ0v) is 11.5. The van der Waals surface area contributed by atoms with E-state index in [9.17, 15) is 18.0 Å². The van der Waals surface area contributed by atoms with Gasteiger partial charge in [-0.25, -0.2) is 18.0 Å². The quantitative estimate of drug-likeness (QED) is 0.837. The van der Waals surface area contributed by atoms with Crippen molar-refractivity contribution in [2.75, 3.05) is 29.9 Å². The zero-order chi connectivity index (χ0) is 14.0. The van der Waals surface area contributed by atoms with E-state index in [1.807, 2.05) is 0 Å². The molecule has 0 spiro atoms. The first-order valence-electron chi connectivity index (χ1n) is 5.46. The van der Waals surface area contributed by atoms with Gasteiger partial charge in [-0.2, -0.15) is 0 Å². The molecule has 1 aliphatic heterocycles. The van der Waals surface area contributed by atoms with Crippen molar-refractivity contribution in [3.8, 4) is 0 Å². The molecule has 0 radical (unpaired) electrons. The normalized spacial score (nSPS) is 18.0. The second-order valence-electron chi connectivity index (χ2n) is 4.04. The van der Waals surface area contributed by atoms with Crippen molar-refractivity contribution < 1.29 is 23.1 Å². The lowest BCUT2D eigenvalue weighted by molar-refractivity contribution is 0.0698. The third kappa shape index (κ3) is 3.24. The second-order valence-corrected chi connectivity index (χ2v) is 7.26. The van der Waals surface area contributed by atoms with Crippen LogP contribution in [0.4, 0.5) is 9.80 Å². The molecule has 1 aliphatic rings. The Labute approximate surface area is 113 Å². The molecular weight excluding hydrogens is 292 g/mol.